The van der Waals surface area contributed by atoms with E-state index in [-0.39, 0.29) is 0 Å². The topological polar surface area (TPSA) is 0 Å². The Kier molecular flexibility index (Phi) is 0.650. The molecular formula is C21H22. The van der Waals surface area contributed by atoms with Crippen LogP contribution in [-0.2, 0) is 0 Å². The zero-order chi connectivity index (χ0) is 12.7. The van der Waals surface area contributed by atoms with E-state index in [1.165, 1.54) is 53.3 Å². The van der Waals surface area contributed by atoms with E-state index in [0.29, 0.717) is 0 Å². The van der Waals surface area contributed by atoms with E-state index in [4.69, 9.17) is 0 Å². The van der Waals surface area contributed by atoms with Crippen LogP contribution in [0, 0.1) is 85.8 Å². The summed E-state index contributed by atoms with van der Waals surface area (Å²) < 4.78 is 0. The second-order valence-corrected chi connectivity index (χ2v) is 12.2. The fourth-order valence-corrected chi connectivity index (χ4v) is 17.3. The molecular weight excluding hydrogens is 252 g/mol. The maximum atomic E-state index is 2.95. The van der Waals surface area contributed by atoms with Gasteiger partial charge in [-0.05, 0) is 118 Å². The van der Waals surface area contributed by atoms with Crippen LogP contribution in [0.2, 0.25) is 0 Å². The molecule has 13 aliphatic carbocycles. The lowest BCUT2D eigenvalue weighted by molar-refractivity contribution is -0.505. The van der Waals surface area contributed by atoms with Crippen molar-refractivity contribution in [1.82, 2.24) is 0 Å². The van der Waals surface area contributed by atoms with Gasteiger partial charge < -0.3 is 0 Å². The molecule has 0 heteroatoms. The minimum atomic E-state index is 0.899. The molecule has 15 unspecified atom stereocenters. The maximum Gasteiger partial charge on any atom is -0.00659 e. The van der Waals surface area contributed by atoms with E-state index in [1.54, 1.807) is 32.1 Å². The summed E-state index contributed by atoms with van der Waals surface area (Å²) in [6.07, 6.45) is 8.68. The van der Waals surface area contributed by atoms with Gasteiger partial charge in [-0.1, -0.05) is 6.92 Å². The first-order valence-electron chi connectivity index (χ1n) is 10.2. The molecule has 15 atom stereocenters. The normalized spacial score (nSPS) is 107. The molecule has 13 saturated carbocycles. The Bertz CT molecular complexity index is 826. The van der Waals surface area contributed by atoms with Gasteiger partial charge in [0.05, 0.1) is 0 Å². The molecule has 0 aromatic carbocycles. The van der Waals surface area contributed by atoms with Gasteiger partial charge in [-0.3, -0.25) is 0 Å². The highest BCUT2D eigenvalue weighted by Crippen LogP contribution is 3.29. The highest BCUT2D eigenvalue weighted by molar-refractivity contribution is 5.71. The van der Waals surface area contributed by atoms with Gasteiger partial charge >= 0.3 is 0 Å². The minimum Gasteiger partial charge on any atom is -0.0582 e. The highest BCUT2D eigenvalue weighted by atomic mass is 15.3. The Morgan fingerprint density at radius 3 is 2.62 bits per heavy atom. The number of hydrogen-bond acceptors (Lipinski definition) is 0. The molecule has 0 aliphatic heterocycles. The third kappa shape index (κ3) is 0.284. The average molecular weight is 274 g/mol. The van der Waals surface area contributed by atoms with Crippen LogP contribution in [0.1, 0.15) is 39.0 Å². The van der Waals surface area contributed by atoms with Crippen molar-refractivity contribution in [1.29, 1.82) is 0 Å². The van der Waals surface area contributed by atoms with Crippen molar-refractivity contribution in [3.63, 3.8) is 0 Å². The van der Waals surface area contributed by atoms with Crippen LogP contribution >= 0.6 is 0 Å². The van der Waals surface area contributed by atoms with Gasteiger partial charge in [0.2, 0.25) is 0 Å². The zero-order valence-corrected chi connectivity index (χ0v) is 12.7. The van der Waals surface area contributed by atoms with E-state index in [1.807, 2.05) is 0 Å². The molecule has 13 aliphatic rings. The fourth-order valence-electron chi connectivity index (χ4n) is 17.3. The minimum absolute atomic E-state index is 0.899. The first-order chi connectivity index (χ1) is 10.2. The van der Waals surface area contributed by atoms with Gasteiger partial charge in [0.15, 0.2) is 0 Å². The van der Waals surface area contributed by atoms with Crippen molar-refractivity contribution in [3.05, 3.63) is 0 Å². The van der Waals surface area contributed by atoms with Crippen LogP contribution in [0.3, 0.4) is 0 Å². The molecule has 0 N–H and O–H groups in total. The molecule has 0 nitrogen and oxygen atoms in total. The van der Waals surface area contributed by atoms with Gasteiger partial charge in [0.25, 0.3) is 0 Å². The molecule has 0 radical (unpaired) electrons. The molecule has 8 bridgehead atoms. The van der Waals surface area contributed by atoms with E-state index in [0.717, 1.165) is 32.5 Å². The lowest BCUT2D eigenvalue weighted by atomic mass is 9.07. The molecule has 0 aromatic heterocycles. The molecule has 0 aromatic rings. The predicted octanol–water partition coefficient (Wildman–Crippen LogP) is 3.57. The fraction of sp³-hybridized carbons (Fsp3) is 1.00. The van der Waals surface area contributed by atoms with Crippen LogP contribution in [0.15, 0.2) is 0 Å². The second-order valence-electron chi connectivity index (χ2n) is 12.2. The molecule has 0 saturated heterocycles. The van der Waals surface area contributed by atoms with Crippen molar-refractivity contribution < 1.29 is 0 Å². The Balaban J connectivity index is 1.53. The highest BCUT2D eigenvalue weighted by Gasteiger charge is 3.25. The lowest BCUT2D eigenvalue weighted by Crippen LogP contribution is -2.93. The van der Waals surface area contributed by atoms with Gasteiger partial charge in [-0.2, -0.15) is 0 Å². The van der Waals surface area contributed by atoms with Crippen molar-refractivity contribution in [3.8, 4) is 0 Å². The summed E-state index contributed by atoms with van der Waals surface area (Å²) in [5.41, 5.74) is 5.91. The van der Waals surface area contributed by atoms with E-state index >= 15 is 0 Å². The summed E-state index contributed by atoms with van der Waals surface area (Å²) >= 11 is 0. The lowest BCUT2D eigenvalue weighted by Gasteiger charge is -2.96. The van der Waals surface area contributed by atoms with Crippen LogP contribution in [0.4, 0.5) is 0 Å². The smallest absolute Gasteiger partial charge is 0.00659 e. The van der Waals surface area contributed by atoms with Crippen LogP contribution < -0.4 is 0 Å². The largest absolute Gasteiger partial charge is 0.0582 e. The quantitative estimate of drug-likeness (QED) is 0.633. The molecule has 13 fully saturated rings. The first kappa shape index (κ1) is 8.74. The molecule has 13 rings (SSSR count). The summed E-state index contributed by atoms with van der Waals surface area (Å²) in [4.78, 5) is 0. The van der Waals surface area contributed by atoms with Crippen molar-refractivity contribution >= 4 is 0 Å². The van der Waals surface area contributed by atoms with Crippen molar-refractivity contribution in [2.45, 2.75) is 39.0 Å². The molecule has 5 spiro atoms. The third-order valence-corrected chi connectivity index (χ3v) is 14.9. The average Bonchev–Trinajstić information content (AvgIpc) is 2.92. The Hall–Kier alpha value is 0. The van der Waals surface area contributed by atoms with Crippen LogP contribution in [-0.4, -0.2) is 0 Å². The van der Waals surface area contributed by atoms with Crippen molar-refractivity contribution in [2.24, 2.45) is 85.8 Å². The summed E-state index contributed by atoms with van der Waals surface area (Å²) in [6, 6.07) is 0. The first-order valence-corrected chi connectivity index (χ1v) is 10.2. The molecule has 106 valence electrons. The molecule has 0 amide bonds. The summed E-state index contributed by atoms with van der Waals surface area (Å²) in [6.45, 7) is 2.95. The Morgan fingerprint density at radius 1 is 0.762 bits per heavy atom. The molecule has 0 heterocycles. The number of fused-ring (bicyclic) bond motifs is 1. The monoisotopic (exact) mass is 274 g/mol. The zero-order valence-electron chi connectivity index (χ0n) is 12.7. The summed E-state index contributed by atoms with van der Waals surface area (Å²) in [5, 5.41) is 0. The summed E-state index contributed by atoms with van der Waals surface area (Å²) in [7, 11) is 0. The van der Waals surface area contributed by atoms with E-state index in [2.05, 4.69) is 6.92 Å². The molecule has 21 heavy (non-hydrogen) atoms. The Morgan fingerprint density at radius 2 is 1.67 bits per heavy atom. The summed E-state index contributed by atoms with van der Waals surface area (Å²) in [5.74, 6) is 11.5. The van der Waals surface area contributed by atoms with Gasteiger partial charge in [-0.25, -0.2) is 0 Å². The standard InChI is InChI=1S/C21H22/c1-16-12-3-8-2-7-6-17(12)13-5-10-9-4-11-15-14(7)18(8,16)21(15,17)19(9,11)20(10,13)16/h7-15H,2-6H2,1H3. The van der Waals surface area contributed by atoms with Crippen LogP contribution in [0.5, 0.6) is 0 Å². The second kappa shape index (κ2) is 1.56. The van der Waals surface area contributed by atoms with Crippen LogP contribution in [0.25, 0.3) is 0 Å². The predicted molar refractivity (Wildman–Crippen MR) is 74.8 cm³/mol. The van der Waals surface area contributed by atoms with Gasteiger partial charge in [0.1, 0.15) is 0 Å². The number of rotatable bonds is 0. The third-order valence-electron chi connectivity index (χ3n) is 14.9. The van der Waals surface area contributed by atoms with Gasteiger partial charge in [-0.15, -0.1) is 0 Å². The van der Waals surface area contributed by atoms with Crippen molar-refractivity contribution in [2.75, 3.05) is 0 Å². The van der Waals surface area contributed by atoms with E-state index < -0.39 is 0 Å². The maximum absolute atomic E-state index is 2.95. The van der Waals surface area contributed by atoms with E-state index in [9.17, 15) is 0 Å². The van der Waals surface area contributed by atoms with Gasteiger partial charge in [0, 0.05) is 0 Å². The SMILES string of the molecule is CC12C3CC4CC5CC36C3CC7C8CC9C%10C5C41C%106C89C732. The number of hydrogen-bond donors (Lipinski definition) is 0. The Labute approximate surface area is 125 Å².